The van der Waals surface area contributed by atoms with Crippen LogP contribution in [0.3, 0.4) is 0 Å². The van der Waals surface area contributed by atoms with Crippen molar-refractivity contribution >= 4 is 23.2 Å². The van der Waals surface area contributed by atoms with E-state index in [9.17, 15) is 9.59 Å². The average Bonchev–Trinajstić information content (AvgIpc) is 3.13. The van der Waals surface area contributed by atoms with E-state index in [1.807, 2.05) is 24.4 Å². The smallest absolute Gasteiger partial charge is 0.338 e. The van der Waals surface area contributed by atoms with Crippen molar-refractivity contribution in [3.8, 4) is 11.5 Å². The predicted molar refractivity (Wildman–Crippen MR) is 90.7 cm³/mol. The van der Waals surface area contributed by atoms with Crippen molar-refractivity contribution in [1.29, 1.82) is 0 Å². The molecule has 2 aromatic rings. The molecule has 0 unspecified atom stereocenters. The number of esters is 1. The summed E-state index contributed by atoms with van der Waals surface area (Å²) in [5.41, 5.74) is 0.255. The number of carbonyl (C=O) groups excluding carboxylic acids is 2. The highest BCUT2D eigenvalue weighted by Crippen LogP contribution is 2.23. The van der Waals surface area contributed by atoms with Gasteiger partial charge in [-0.1, -0.05) is 6.07 Å². The van der Waals surface area contributed by atoms with Crippen molar-refractivity contribution in [3.63, 3.8) is 0 Å². The van der Waals surface area contributed by atoms with Gasteiger partial charge in [-0.05, 0) is 30.5 Å². The number of benzene rings is 1. The van der Waals surface area contributed by atoms with Crippen LogP contribution in [-0.4, -0.2) is 32.7 Å². The van der Waals surface area contributed by atoms with Crippen molar-refractivity contribution in [2.75, 3.05) is 20.8 Å². The third kappa shape index (κ3) is 4.73. The third-order valence-corrected chi connectivity index (χ3v) is 4.32. The van der Waals surface area contributed by atoms with Crippen LogP contribution in [0.5, 0.6) is 11.5 Å². The summed E-state index contributed by atoms with van der Waals surface area (Å²) in [6, 6.07) is 8.41. The van der Waals surface area contributed by atoms with Crippen LogP contribution in [0.1, 0.15) is 28.2 Å². The lowest BCUT2D eigenvalue weighted by atomic mass is 10.2. The summed E-state index contributed by atoms with van der Waals surface area (Å²) in [7, 11) is 2.98. The van der Waals surface area contributed by atoms with Crippen LogP contribution in [0.4, 0.5) is 0 Å². The van der Waals surface area contributed by atoms with E-state index in [1.165, 1.54) is 26.4 Å². The quantitative estimate of drug-likeness (QED) is 0.778. The summed E-state index contributed by atoms with van der Waals surface area (Å²) in [4.78, 5) is 25.0. The van der Waals surface area contributed by atoms with Crippen LogP contribution in [0.2, 0.25) is 0 Å². The zero-order valence-corrected chi connectivity index (χ0v) is 14.5. The molecule has 24 heavy (non-hydrogen) atoms. The maximum absolute atomic E-state index is 12.1. The third-order valence-electron chi connectivity index (χ3n) is 3.27. The highest BCUT2D eigenvalue weighted by molar-refractivity contribution is 7.10. The van der Waals surface area contributed by atoms with Crippen molar-refractivity contribution in [2.24, 2.45) is 0 Å². The lowest BCUT2D eigenvalue weighted by Crippen LogP contribution is -2.30. The van der Waals surface area contributed by atoms with Gasteiger partial charge in [-0.15, -0.1) is 11.3 Å². The minimum absolute atomic E-state index is 0.131. The summed E-state index contributed by atoms with van der Waals surface area (Å²) in [6.07, 6.45) is 0. The van der Waals surface area contributed by atoms with Gasteiger partial charge in [0.1, 0.15) is 11.5 Å². The van der Waals surface area contributed by atoms with Gasteiger partial charge in [0.25, 0.3) is 5.91 Å². The molecule has 1 amide bonds. The number of hydrogen-bond donors (Lipinski definition) is 1. The van der Waals surface area contributed by atoms with Gasteiger partial charge >= 0.3 is 5.97 Å². The zero-order chi connectivity index (χ0) is 17.5. The molecule has 1 aromatic carbocycles. The van der Waals surface area contributed by atoms with Gasteiger partial charge in [0.15, 0.2) is 6.61 Å². The van der Waals surface area contributed by atoms with E-state index in [0.717, 1.165) is 4.88 Å². The molecule has 7 heteroatoms. The molecule has 1 N–H and O–H groups in total. The highest BCUT2D eigenvalue weighted by atomic mass is 32.1. The Morgan fingerprint density at radius 3 is 2.38 bits per heavy atom. The fourth-order valence-corrected chi connectivity index (χ4v) is 2.77. The number of carbonyl (C=O) groups is 2. The van der Waals surface area contributed by atoms with Crippen LogP contribution in [-0.2, 0) is 9.53 Å². The topological polar surface area (TPSA) is 73.9 Å². The van der Waals surface area contributed by atoms with Crippen molar-refractivity contribution in [1.82, 2.24) is 5.32 Å². The van der Waals surface area contributed by atoms with Gasteiger partial charge in [0.05, 0.1) is 25.8 Å². The number of nitrogens with one attached hydrogen (secondary N) is 1. The van der Waals surface area contributed by atoms with Gasteiger partial charge < -0.3 is 19.5 Å². The van der Waals surface area contributed by atoms with Gasteiger partial charge in [0, 0.05) is 10.9 Å². The number of thiophene rings is 1. The molecule has 0 fully saturated rings. The van der Waals surface area contributed by atoms with Crippen molar-refractivity contribution < 1.29 is 23.8 Å². The van der Waals surface area contributed by atoms with Crippen LogP contribution in [0.25, 0.3) is 0 Å². The second kappa shape index (κ2) is 8.35. The predicted octanol–water partition coefficient (Wildman–Crippen LogP) is 2.80. The normalized spacial score (nSPS) is 11.5. The second-order valence-electron chi connectivity index (χ2n) is 4.98. The molecule has 2 rings (SSSR count). The summed E-state index contributed by atoms with van der Waals surface area (Å²) in [5.74, 6) is -0.0422. The Kier molecular flexibility index (Phi) is 6.20. The molecule has 0 aliphatic heterocycles. The number of rotatable bonds is 7. The van der Waals surface area contributed by atoms with Crippen LogP contribution in [0.15, 0.2) is 35.7 Å². The Hall–Kier alpha value is -2.54. The van der Waals surface area contributed by atoms with Crippen LogP contribution < -0.4 is 14.8 Å². The molecule has 0 spiro atoms. The van der Waals surface area contributed by atoms with Gasteiger partial charge in [0.2, 0.25) is 0 Å². The Balaban J connectivity index is 1.91. The van der Waals surface area contributed by atoms with Crippen LogP contribution in [0, 0.1) is 0 Å². The first-order chi connectivity index (χ1) is 11.5. The highest BCUT2D eigenvalue weighted by Gasteiger charge is 2.15. The van der Waals surface area contributed by atoms with E-state index in [4.69, 9.17) is 14.2 Å². The Labute approximate surface area is 144 Å². The molecule has 6 nitrogen and oxygen atoms in total. The summed E-state index contributed by atoms with van der Waals surface area (Å²) in [5, 5.41) is 4.72. The van der Waals surface area contributed by atoms with E-state index in [1.54, 1.807) is 17.4 Å². The fraction of sp³-hybridized carbons (Fsp3) is 0.294. The number of amides is 1. The number of methoxy groups -OCH3 is 2. The molecule has 0 aliphatic carbocycles. The largest absolute Gasteiger partial charge is 0.497 e. The molecule has 0 saturated heterocycles. The monoisotopic (exact) mass is 349 g/mol. The fourth-order valence-electron chi connectivity index (χ4n) is 2.03. The van der Waals surface area contributed by atoms with Gasteiger partial charge in [-0.2, -0.15) is 0 Å². The first kappa shape index (κ1) is 17.8. The molecule has 128 valence electrons. The molecule has 0 saturated carbocycles. The molecule has 0 aliphatic rings. The summed E-state index contributed by atoms with van der Waals surface area (Å²) >= 11 is 1.55. The number of hydrogen-bond acceptors (Lipinski definition) is 6. The molecular weight excluding hydrogens is 330 g/mol. The second-order valence-corrected chi connectivity index (χ2v) is 5.96. The van der Waals surface area contributed by atoms with E-state index >= 15 is 0 Å². The molecule has 0 radical (unpaired) electrons. The minimum Gasteiger partial charge on any atom is -0.497 e. The SMILES string of the molecule is COc1cc(OC)cc(C(=O)OCC(=O)N[C@H](C)c2cccs2)c1. The van der Waals surface area contributed by atoms with E-state index in [2.05, 4.69) is 5.32 Å². The molecule has 1 heterocycles. The van der Waals surface area contributed by atoms with Gasteiger partial charge in [-0.25, -0.2) is 4.79 Å². The lowest BCUT2D eigenvalue weighted by molar-refractivity contribution is -0.124. The Bertz CT molecular complexity index is 677. The molecule has 1 atom stereocenters. The molecule has 0 bridgehead atoms. The van der Waals surface area contributed by atoms with E-state index < -0.39 is 5.97 Å². The van der Waals surface area contributed by atoms with Crippen LogP contribution >= 0.6 is 11.3 Å². The first-order valence-corrected chi connectivity index (χ1v) is 8.14. The summed E-state index contributed by atoms with van der Waals surface area (Å²) in [6.45, 7) is 1.52. The van der Waals surface area contributed by atoms with Crippen molar-refractivity contribution in [3.05, 3.63) is 46.2 Å². The maximum Gasteiger partial charge on any atom is 0.338 e. The van der Waals surface area contributed by atoms with Crippen molar-refractivity contribution in [2.45, 2.75) is 13.0 Å². The number of ether oxygens (including phenoxy) is 3. The maximum atomic E-state index is 12.1. The minimum atomic E-state index is -0.619. The van der Waals surface area contributed by atoms with Gasteiger partial charge in [-0.3, -0.25) is 4.79 Å². The summed E-state index contributed by atoms with van der Waals surface area (Å²) < 4.78 is 15.3. The lowest BCUT2D eigenvalue weighted by Gasteiger charge is -2.12. The average molecular weight is 349 g/mol. The Morgan fingerprint density at radius 1 is 1.17 bits per heavy atom. The molecular formula is C17H19NO5S. The molecule has 1 aromatic heterocycles. The van der Waals surface area contributed by atoms with E-state index in [0.29, 0.717) is 11.5 Å². The Morgan fingerprint density at radius 2 is 1.83 bits per heavy atom. The standard InChI is InChI=1S/C17H19NO5S/c1-11(15-5-4-6-24-15)18-16(19)10-23-17(20)12-7-13(21-2)9-14(8-12)22-3/h4-9,11H,10H2,1-3H3,(H,18,19)/t11-/m1/s1. The zero-order valence-electron chi connectivity index (χ0n) is 13.7. The first-order valence-electron chi connectivity index (χ1n) is 7.26. The van der Waals surface area contributed by atoms with E-state index in [-0.39, 0.29) is 24.1 Å².